The maximum absolute atomic E-state index is 12.2. The molecule has 110 valence electrons. The zero-order valence-corrected chi connectivity index (χ0v) is 12.8. The number of aromatic nitrogens is 1. The van der Waals surface area contributed by atoms with E-state index in [-0.39, 0.29) is 5.78 Å². The van der Waals surface area contributed by atoms with Gasteiger partial charge in [0.2, 0.25) is 0 Å². The van der Waals surface area contributed by atoms with Crippen LogP contribution in [0.2, 0.25) is 0 Å². The van der Waals surface area contributed by atoms with E-state index in [2.05, 4.69) is 11.8 Å². The molecule has 0 amide bonds. The van der Waals surface area contributed by atoms with E-state index < -0.39 is 0 Å². The lowest BCUT2D eigenvalue weighted by molar-refractivity contribution is 0.101. The first kappa shape index (κ1) is 14.0. The number of hydrogen-bond acceptors (Lipinski definition) is 4. The number of pyridine rings is 1. The topological polar surface area (TPSA) is 42.4 Å². The molecule has 0 aliphatic carbocycles. The molecular formula is C17H20N2O2. The van der Waals surface area contributed by atoms with Gasteiger partial charge in [-0.05, 0) is 37.2 Å². The molecule has 1 aromatic heterocycles. The first-order valence-electron chi connectivity index (χ1n) is 7.36. The minimum Gasteiger partial charge on any atom is -0.497 e. The molecule has 0 saturated carbocycles. The van der Waals surface area contributed by atoms with Crippen molar-refractivity contribution in [1.82, 2.24) is 9.88 Å². The summed E-state index contributed by atoms with van der Waals surface area (Å²) in [6.45, 7) is 6.60. The van der Waals surface area contributed by atoms with Crippen LogP contribution in [0.4, 0.5) is 0 Å². The van der Waals surface area contributed by atoms with Crippen molar-refractivity contribution in [3.63, 3.8) is 0 Å². The maximum atomic E-state index is 12.2. The van der Waals surface area contributed by atoms with Gasteiger partial charge in [0.15, 0.2) is 5.78 Å². The van der Waals surface area contributed by atoms with Gasteiger partial charge in [0.25, 0.3) is 0 Å². The van der Waals surface area contributed by atoms with Crippen molar-refractivity contribution in [3.8, 4) is 5.75 Å². The number of carbonyl (C=O) groups excluding carboxylic acids is 1. The number of fused-ring (bicyclic) bond motifs is 2. The number of likely N-dealkylation sites (N-methyl/N-ethyl adjacent to an activating group) is 1. The Hall–Kier alpha value is -1.94. The van der Waals surface area contributed by atoms with E-state index in [1.807, 2.05) is 18.2 Å². The Bertz CT molecular complexity index is 709. The van der Waals surface area contributed by atoms with Crippen LogP contribution < -0.4 is 4.74 Å². The molecule has 1 aliphatic heterocycles. The number of nitrogens with zero attached hydrogens (tertiary/aromatic N) is 2. The standard InChI is InChI=1S/C17H20N2O2/c1-4-19-8-7-16-14(10-19)17(11(2)20)13-9-12(21-3)5-6-15(13)18-16/h5-6,9H,4,7-8,10H2,1-3H3. The Kier molecular flexibility index (Phi) is 3.64. The normalized spacial score (nSPS) is 15.0. The van der Waals surface area contributed by atoms with Crippen molar-refractivity contribution in [1.29, 1.82) is 0 Å². The van der Waals surface area contributed by atoms with E-state index >= 15 is 0 Å². The monoisotopic (exact) mass is 284 g/mol. The highest BCUT2D eigenvalue weighted by Crippen LogP contribution is 2.30. The molecule has 0 atom stereocenters. The fourth-order valence-corrected chi connectivity index (χ4v) is 3.08. The third-order valence-corrected chi connectivity index (χ3v) is 4.22. The van der Waals surface area contributed by atoms with Gasteiger partial charge < -0.3 is 4.74 Å². The van der Waals surface area contributed by atoms with Crippen LogP contribution in [0.15, 0.2) is 18.2 Å². The van der Waals surface area contributed by atoms with Crippen LogP contribution in [0.5, 0.6) is 5.75 Å². The Morgan fingerprint density at radius 1 is 1.43 bits per heavy atom. The molecule has 2 heterocycles. The molecule has 1 aliphatic rings. The van der Waals surface area contributed by atoms with Crippen LogP contribution in [0, 0.1) is 0 Å². The Morgan fingerprint density at radius 2 is 2.24 bits per heavy atom. The Morgan fingerprint density at radius 3 is 2.90 bits per heavy atom. The first-order chi connectivity index (χ1) is 10.1. The second-order valence-corrected chi connectivity index (χ2v) is 5.47. The SMILES string of the molecule is CCN1CCc2nc3ccc(OC)cc3c(C(C)=O)c2C1. The molecule has 0 N–H and O–H groups in total. The molecular weight excluding hydrogens is 264 g/mol. The van der Waals surface area contributed by atoms with Crippen LogP contribution in [0.25, 0.3) is 10.9 Å². The van der Waals surface area contributed by atoms with E-state index in [1.165, 1.54) is 0 Å². The summed E-state index contributed by atoms with van der Waals surface area (Å²) in [6, 6.07) is 5.75. The third kappa shape index (κ3) is 2.40. The van der Waals surface area contributed by atoms with Gasteiger partial charge in [-0.15, -0.1) is 0 Å². The van der Waals surface area contributed by atoms with E-state index in [9.17, 15) is 4.79 Å². The van der Waals surface area contributed by atoms with Gasteiger partial charge in [-0.3, -0.25) is 14.7 Å². The third-order valence-electron chi connectivity index (χ3n) is 4.22. The van der Waals surface area contributed by atoms with Crippen LogP contribution >= 0.6 is 0 Å². The quantitative estimate of drug-likeness (QED) is 0.813. The number of carbonyl (C=O) groups is 1. The number of hydrogen-bond donors (Lipinski definition) is 0. The fraction of sp³-hybridized carbons (Fsp3) is 0.412. The van der Waals surface area contributed by atoms with Crippen molar-refractivity contribution in [3.05, 3.63) is 35.0 Å². The summed E-state index contributed by atoms with van der Waals surface area (Å²) in [6.07, 6.45) is 0.908. The summed E-state index contributed by atoms with van der Waals surface area (Å²) in [5.41, 5.74) is 3.86. The molecule has 0 saturated heterocycles. The van der Waals surface area contributed by atoms with E-state index in [0.29, 0.717) is 0 Å². The van der Waals surface area contributed by atoms with Crippen molar-refractivity contribution in [2.45, 2.75) is 26.8 Å². The average molecular weight is 284 g/mol. The Labute approximate surface area is 124 Å². The summed E-state index contributed by atoms with van der Waals surface area (Å²) < 4.78 is 5.29. The molecule has 4 nitrogen and oxygen atoms in total. The van der Waals surface area contributed by atoms with Crippen molar-refractivity contribution in [2.75, 3.05) is 20.2 Å². The lowest BCUT2D eigenvalue weighted by Crippen LogP contribution is -2.32. The highest BCUT2D eigenvalue weighted by atomic mass is 16.5. The van der Waals surface area contributed by atoms with Crippen molar-refractivity contribution < 1.29 is 9.53 Å². The molecule has 0 fully saturated rings. The lowest BCUT2D eigenvalue weighted by atomic mass is 9.93. The zero-order valence-electron chi connectivity index (χ0n) is 12.8. The van der Waals surface area contributed by atoms with Gasteiger partial charge in [-0.2, -0.15) is 0 Å². The Balaban J connectivity index is 2.28. The minimum absolute atomic E-state index is 0.102. The van der Waals surface area contributed by atoms with Gasteiger partial charge in [0, 0.05) is 36.2 Å². The fourth-order valence-electron chi connectivity index (χ4n) is 3.08. The van der Waals surface area contributed by atoms with Crippen LogP contribution in [-0.2, 0) is 13.0 Å². The van der Waals surface area contributed by atoms with Crippen molar-refractivity contribution in [2.24, 2.45) is 0 Å². The zero-order chi connectivity index (χ0) is 15.0. The summed E-state index contributed by atoms with van der Waals surface area (Å²) in [5.74, 6) is 0.861. The number of ether oxygens (including phenoxy) is 1. The van der Waals surface area contributed by atoms with E-state index in [0.717, 1.165) is 59.5 Å². The van der Waals surface area contributed by atoms with E-state index in [1.54, 1.807) is 14.0 Å². The predicted molar refractivity (Wildman–Crippen MR) is 83.0 cm³/mol. The van der Waals surface area contributed by atoms with Crippen molar-refractivity contribution >= 4 is 16.7 Å². The summed E-state index contributed by atoms with van der Waals surface area (Å²) >= 11 is 0. The van der Waals surface area contributed by atoms with Gasteiger partial charge in [0.05, 0.1) is 12.6 Å². The molecule has 1 aromatic carbocycles. The van der Waals surface area contributed by atoms with Crippen LogP contribution in [-0.4, -0.2) is 35.9 Å². The minimum atomic E-state index is 0.102. The largest absolute Gasteiger partial charge is 0.497 e. The summed E-state index contributed by atoms with van der Waals surface area (Å²) in [7, 11) is 1.64. The van der Waals surface area contributed by atoms with Gasteiger partial charge in [-0.25, -0.2) is 0 Å². The van der Waals surface area contributed by atoms with Crippen LogP contribution in [0.3, 0.4) is 0 Å². The number of methoxy groups -OCH3 is 1. The molecule has 0 spiro atoms. The first-order valence-corrected chi connectivity index (χ1v) is 7.36. The number of rotatable bonds is 3. The highest BCUT2D eigenvalue weighted by Gasteiger charge is 2.23. The van der Waals surface area contributed by atoms with Gasteiger partial charge in [0.1, 0.15) is 5.75 Å². The average Bonchev–Trinajstić information content (AvgIpc) is 2.51. The number of Topliss-reactive ketones (excluding diaryl/α,β-unsaturated/α-hetero) is 1. The maximum Gasteiger partial charge on any atom is 0.160 e. The van der Waals surface area contributed by atoms with Gasteiger partial charge in [-0.1, -0.05) is 6.92 Å². The molecule has 3 rings (SSSR count). The predicted octanol–water partition coefficient (Wildman–Crippen LogP) is 2.82. The summed E-state index contributed by atoms with van der Waals surface area (Å²) in [5, 5.41) is 0.901. The molecule has 0 unspecified atom stereocenters. The second-order valence-electron chi connectivity index (χ2n) is 5.47. The summed E-state index contributed by atoms with van der Waals surface area (Å²) in [4.78, 5) is 19.4. The molecule has 21 heavy (non-hydrogen) atoms. The molecule has 0 bridgehead atoms. The van der Waals surface area contributed by atoms with E-state index in [4.69, 9.17) is 9.72 Å². The molecule has 4 heteroatoms. The number of ketones is 1. The molecule has 2 aromatic rings. The smallest absolute Gasteiger partial charge is 0.160 e. The van der Waals surface area contributed by atoms with Crippen LogP contribution in [0.1, 0.15) is 35.5 Å². The second kappa shape index (κ2) is 5.45. The number of benzene rings is 1. The lowest BCUT2D eigenvalue weighted by Gasteiger charge is -2.28. The highest BCUT2D eigenvalue weighted by molar-refractivity contribution is 6.08. The van der Waals surface area contributed by atoms with Gasteiger partial charge >= 0.3 is 0 Å². The molecule has 0 radical (unpaired) electrons.